The summed E-state index contributed by atoms with van der Waals surface area (Å²) in [6.07, 6.45) is 7.64. The van der Waals surface area contributed by atoms with E-state index in [9.17, 15) is 29.4 Å². The number of hydrogen-bond donors (Lipinski definition) is 4. The van der Waals surface area contributed by atoms with Crippen LogP contribution in [0.5, 0.6) is 11.5 Å². The number of fused-ring (bicyclic) bond motifs is 8. The maximum Gasteiger partial charge on any atom is 0.335 e. The lowest BCUT2D eigenvalue weighted by Crippen LogP contribution is -1.96. The van der Waals surface area contributed by atoms with E-state index in [4.69, 9.17) is 19.4 Å². The van der Waals surface area contributed by atoms with Gasteiger partial charge in [0.1, 0.15) is 11.5 Å². The Balaban J connectivity index is 1.42. The fraction of sp³-hybridized carbons (Fsp3) is 0. The first-order valence-electron chi connectivity index (χ1n) is 18.5. The summed E-state index contributed by atoms with van der Waals surface area (Å²) in [7, 11) is 0. The van der Waals surface area contributed by atoms with Crippen molar-refractivity contribution in [2.45, 2.75) is 0 Å². The zero-order chi connectivity index (χ0) is 41.3. The van der Waals surface area contributed by atoms with Gasteiger partial charge in [-0.2, -0.15) is 0 Å². The molecule has 0 fully saturated rings. The number of aromatic amines is 2. The highest BCUT2D eigenvalue weighted by Crippen LogP contribution is 2.39. The maximum absolute atomic E-state index is 11.8. The molecule has 0 aliphatic carbocycles. The van der Waals surface area contributed by atoms with E-state index in [2.05, 4.69) is 9.97 Å². The molecule has 0 spiro atoms. The first kappa shape index (κ1) is 37.0. The molecule has 4 aromatic carbocycles. The van der Waals surface area contributed by atoms with Crippen molar-refractivity contribution >= 4 is 71.3 Å². The summed E-state index contributed by atoms with van der Waals surface area (Å²) in [5.41, 5.74) is 11.4. The number of nitrogens with zero attached hydrogens (tertiary/aromatic N) is 2. The van der Waals surface area contributed by atoms with Gasteiger partial charge in [-0.1, -0.05) is 48.5 Å². The van der Waals surface area contributed by atoms with Crippen LogP contribution in [0.15, 0.2) is 121 Å². The summed E-state index contributed by atoms with van der Waals surface area (Å²) in [5.74, 6) is -1.35. The third-order valence-corrected chi connectivity index (χ3v) is 10.2. The second-order valence-electron chi connectivity index (χ2n) is 13.7. The Bertz CT molecular complexity index is 2900. The van der Waals surface area contributed by atoms with Gasteiger partial charge in [-0.05, 0) is 119 Å². The summed E-state index contributed by atoms with van der Waals surface area (Å²) in [6, 6.07) is 35.1. The number of hydrogen-bond acceptors (Lipinski definition) is 8. The van der Waals surface area contributed by atoms with Crippen molar-refractivity contribution in [1.29, 1.82) is 0 Å². The second kappa shape index (κ2) is 15.4. The second-order valence-corrected chi connectivity index (χ2v) is 13.7. The highest BCUT2D eigenvalue weighted by molar-refractivity contribution is 6.00. The number of carbonyl (C=O) groups excluding carboxylic acids is 2. The van der Waals surface area contributed by atoms with Gasteiger partial charge in [0.15, 0.2) is 0 Å². The minimum absolute atomic E-state index is 0.135. The third-order valence-electron chi connectivity index (χ3n) is 10.2. The van der Waals surface area contributed by atoms with Gasteiger partial charge in [0.05, 0.1) is 33.9 Å². The quantitative estimate of drug-likeness (QED) is 0.0973. The largest absolute Gasteiger partial charge is 0.478 e. The lowest BCUT2D eigenvalue weighted by atomic mass is 10.0. The van der Waals surface area contributed by atoms with Crippen LogP contribution in [0.3, 0.4) is 0 Å². The van der Waals surface area contributed by atoms with Crippen molar-refractivity contribution in [3.8, 4) is 56.0 Å². The molecule has 8 bridgehead atoms. The number of carboxylic acid groups (broad SMARTS) is 2. The van der Waals surface area contributed by atoms with Crippen LogP contribution in [-0.2, 0) is 9.59 Å². The van der Waals surface area contributed by atoms with E-state index in [1.807, 2.05) is 72.8 Å². The number of aromatic nitrogens is 4. The standard InChI is InChI=1S/C48H30N4O8/c53-25-59-33-13-9-29(10-14-33)45-39-21-19-37(50-39)43(27-1-5-31(6-2-27)47(55)56)35-17-18-36(49-35)44(28-3-7-32(8-4-28)48(57)58)38-20-22-40(51-38)46(42-24-23-41(45)52-42)30-11-15-34(16-12-30)60-26-54/h1-26,50-51H,(H,55,56)(H,57,58). The van der Waals surface area contributed by atoms with E-state index >= 15 is 0 Å². The summed E-state index contributed by atoms with van der Waals surface area (Å²) in [5, 5.41) is 19.4. The number of ether oxygens (including phenoxy) is 2. The number of benzene rings is 4. The Labute approximate surface area is 340 Å². The molecule has 5 heterocycles. The van der Waals surface area contributed by atoms with Crippen molar-refractivity contribution in [3.63, 3.8) is 0 Å². The number of H-pyrrole nitrogens is 2. The molecule has 0 saturated heterocycles. The number of carboxylic acids is 2. The van der Waals surface area contributed by atoms with Crippen molar-refractivity contribution < 1.29 is 38.9 Å². The molecular formula is C48H30N4O8. The third kappa shape index (κ3) is 6.90. The molecular weight excluding hydrogens is 761 g/mol. The van der Waals surface area contributed by atoms with Crippen LogP contribution >= 0.6 is 0 Å². The Kier molecular flexibility index (Phi) is 9.47. The molecule has 4 N–H and O–H groups in total. The SMILES string of the molecule is O=COc1ccc(-c2c3nc(c(-c4ccc(OC=O)cc4)c4ccc([nH]4)c(-c4ccc(C(=O)O)cc4)c4nc(c(-c5ccc(C(=O)O)cc5)c5ccc2[nH]5)C=C4)C=C3)cc1. The van der Waals surface area contributed by atoms with Crippen molar-refractivity contribution in [1.82, 2.24) is 19.9 Å². The van der Waals surface area contributed by atoms with Gasteiger partial charge < -0.3 is 29.7 Å². The summed E-state index contributed by atoms with van der Waals surface area (Å²) in [4.78, 5) is 63.6. The zero-order valence-corrected chi connectivity index (χ0v) is 31.2. The molecule has 60 heavy (non-hydrogen) atoms. The lowest BCUT2D eigenvalue weighted by molar-refractivity contribution is -0.121. The molecule has 0 amide bonds. The van der Waals surface area contributed by atoms with Crippen molar-refractivity contribution in [2.24, 2.45) is 0 Å². The molecule has 0 atom stereocenters. The van der Waals surface area contributed by atoms with Crippen LogP contribution in [0.1, 0.15) is 43.5 Å². The zero-order valence-electron chi connectivity index (χ0n) is 31.2. The van der Waals surface area contributed by atoms with Gasteiger partial charge in [-0.3, -0.25) is 9.59 Å². The Hall–Kier alpha value is -8.64. The van der Waals surface area contributed by atoms with Crippen LogP contribution in [0.4, 0.5) is 0 Å². The van der Waals surface area contributed by atoms with E-state index in [-0.39, 0.29) is 11.1 Å². The molecule has 2 aliphatic rings. The van der Waals surface area contributed by atoms with E-state index in [1.54, 1.807) is 72.8 Å². The van der Waals surface area contributed by atoms with Gasteiger partial charge in [-0.15, -0.1) is 0 Å². The maximum atomic E-state index is 11.8. The first-order chi connectivity index (χ1) is 29.3. The van der Waals surface area contributed by atoms with Crippen LogP contribution in [-0.4, -0.2) is 55.0 Å². The molecule has 7 aromatic rings. The molecule has 0 unspecified atom stereocenters. The molecule has 12 nitrogen and oxygen atoms in total. The van der Waals surface area contributed by atoms with Gasteiger partial charge in [-0.25, -0.2) is 19.6 Å². The van der Waals surface area contributed by atoms with E-state index in [0.29, 0.717) is 91.5 Å². The van der Waals surface area contributed by atoms with E-state index in [0.717, 1.165) is 22.3 Å². The minimum atomic E-state index is -1.05. The fourth-order valence-electron chi connectivity index (χ4n) is 7.49. The molecule has 2 aliphatic heterocycles. The number of aromatic carboxylic acids is 2. The monoisotopic (exact) mass is 790 g/mol. The normalized spacial score (nSPS) is 11.6. The van der Waals surface area contributed by atoms with Crippen molar-refractivity contribution in [3.05, 3.63) is 155 Å². The van der Waals surface area contributed by atoms with E-state index in [1.165, 1.54) is 0 Å². The lowest BCUT2D eigenvalue weighted by Gasteiger charge is -2.08. The van der Waals surface area contributed by atoms with Crippen LogP contribution in [0, 0.1) is 0 Å². The van der Waals surface area contributed by atoms with Crippen LogP contribution in [0.2, 0.25) is 0 Å². The first-order valence-corrected chi connectivity index (χ1v) is 18.5. The molecule has 0 saturated carbocycles. The van der Waals surface area contributed by atoms with Gasteiger partial charge in [0, 0.05) is 44.3 Å². The van der Waals surface area contributed by atoms with Gasteiger partial charge in [0.25, 0.3) is 12.9 Å². The minimum Gasteiger partial charge on any atom is -0.478 e. The smallest absolute Gasteiger partial charge is 0.335 e. The Morgan fingerprint density at radius 1 is 0.417 bits per heavy atom. The number of nitrogens with one attached hydrogen (secondary N) is 2. The Morgan fingerprint density at radius 3 is 0.933 bits per heavy atom. The number of rotatable bonds is 10. The molecule has 0 radical (unpaired) electrons. The predicted octanol–water partition coefficient (Wildman–Crippen LogP) is 9.79. The molecule has 3 aromatic heterocycles. The topological polar surface area (TPSA) is 185 Å². The number of carbonyl (C=O) groups is 4. The highest BCUT2D eigenvalue weighted by atomic mass is 16.5. The van der Waals surface area contributed by atoms with Gasteiger partial charge >= 0.3 is 11.9 Å². The van der Waals surface area contributed by atoms with E-state index < -0.39 is 11.9 Å². The molecule has 12 heteroatoms. The van der Waals surface area contributed by atoms with Crippen LogP contribution in [0.25, 0.3) is 90.9 Å². The summed E-state index contributed by atoms with van der Waals surface area (Å²) in [6.45, 7) is 0.744. The summed E-state index contributed by atoms with van der Waals surface area (Å²) < 4.78 is 10.2. The summed E-state index contributed by atoms with van der Waals surface area (Å²) >= 11 is 0. The van der Waals surface area contributed by atoms with Crippen LogP contribution < -0.4 is 9.47 Å². The molecule has 290 valence electrons. The predicted molar refractivity (Wildman–Crippen MR) is 228 cm³/mol. The average molecular weight is 791 g/mol. The van der Waals surface area contributed by atoms with Gasteiger partial charge in [0.2, 0.25) is 0 Å². The molecule has 9 rings (SSSR count). The Morgan fingerprint density at radius 2 is 0.683 bits per heavy atom. The van der Waals surface area contributed by atoms with Crippen molar-refractivity contribution in [2.75, 3.05) is 0 Å². The average Bonchev–Trinajstić information content (AvgIpc) is 4.11. The fourth-order valence-corrected chi connectivity index (χ4v) is 7.49. The highest BCUT2D eigenvalue weighted by Gasteiger charge is 2.20.